The van der Waals surface area contributed by atoms with E-state index in [4.69, 9.17) is 9.47 Å². The number of imidazole rings is 1. The molecule has 1 aliphatic heterocycles. The number of aliphatic carboxylic acids is 1. The lowest BCUT2D eigenvalue weighted by Gasteiger charge is -2.21. The second-order valence-corrected chi connectivity index (χ2v) is 5.47. The highest BCUT2D eigenvalue weighted by atomic mass is 16.7. The van der Waals surface area contributed by atoms with Crippen LogP contribution in [-0.4, -0.2) is 27.4 Å². The molecule has 6 nitrogen and oxygen atoms in total. The summed E-state index contributed by atoms with van der Waals surface area (Å²) in [6, 6.07) is 2.99. The van der Waals surface area contributed by atoms with Gasteiger partial charge in [-0.3, -0.25) is 0 Å². The minimum Gasteiger partial charge on any atom is -0.480 e. The number of aromatic nitrogens is 2. The summed E-state index contributed by atoms with van der Waals surface area (Å²) in [7, 11) is 0. The number of carboxylic acids is 1. The molecule has 1 unspecified atom stereocenters. The number of carbonyl (C=O) groups is 1. The SMILES string of the molecule is CCc1nc2cc3c(cc2n1C(C(=O)O)C(C)C)OCO3. The summed E-state index contributed by atoms with van der Waals surface area (Å²) in [4.78, 5) is 16.2. The van der Waals surface area contributed by atoms with Crippen LogP contribution in [0.4, 0.5) is 0 Å². The zero-order chi connectivity index (χ0) is 15.1. The van der Waals surface area contributed by atoms with E-state index in [0.29, 0.717) is 17.9 Å². The fourth-order valence-electron chi connectivity index (χ4n) is 2.79. The highest BCUT2D eigenvalue weighted by Gasteiger charge is 2.29. The molecule has 1 aromatic carbocycles. The number of benzene rings is 1. The molecule has 0 aliphatic carbocycles. The number of ether oxygens (including phenoxy) is 2. The number of aryl methyl sites for hydroxylation is 1. The minimum atomic E-state index is -0.850. The predicted molar refractivity (Wildman–Crippen MR) is 76.7 cm³/mol. The molecule has 0 amide bonds. The van der Waals surface area contributed by atoms with Crippen LogP contribution in [0.25, 0.3) is 11.0 Å². The molecular formula is C15H18N2O4. The smallest absolute Gasteiger partial charge is 0.327 e. The van der Waals surface area contributed by atoms with E-state index in [1.165, 1.54) is 0 Å². The third-order valence-electron chi connectivity index (χ3n) is 3.74. The van der Waals surface area contributed by atoms with Crippen molar-refractivity contribution < 1.29 is 19.4 Å². The molecule has 0 fully saturated rings. The van der Waals surface area contributed by atoms with Gasteiger partial charge >= 0.3 is 5.97 Å². The molecule has 1 aliphatic rings. The van der Waals surface area contributed by atoms with Crippen molar-refractivity contribution in [1.82, 2.24) is 9.55 Å². The lowest BCUT2D eigenvalue weighted by molar-refractivity contribution is -0.142. The molecule has 0 spiro atoms. The Morgan fingerprint density at radius 1 is 1.38 bits per heavy atom. The summed E-state index contributed by atoms with van der Waals surface area (Å²) in [5, 5.41) is 9.58. The van der Waals surface area contributed by atoms with Crippen LogP contribution >= 0.6 is 0 Å². The van der Waals surface area contributed by atoms with Crippen LogP contribution in [0.5, 0.6) is 11.5 Å². The van der Waals surface area contributed by atoms with E-state index in [1.807, 2.05) is 37.5 Å². The van der Waals surface area contributed by atoms with Crippen molar-refractivity contribution >= 4 is 17.0 Å². The van der Waals surface area contributed by atoms with Crippen LogP contribution < -0.4 is 9.47 Å². The third kappa shape index (κ3) is 2.11. The van der Waals surface area contributed by atoms with Gasteiger partial charge in [0.2, 0.25) is 6.79 Å². The average molecular weight is 290 g/mol. The van der Waals surface area contributed by atoms with E-state index in [0.717, 1.165) is 16.9 Å². The molecular weight excluding hydrogens is 272 g/mol. The monoisotopic (exact) mass is 290 g/mol. The van der Waals surface area contributed by atoms with E-state index in [2.05, 4.69) is 4.98 Å². The molecule has 1 aromatic heterocycles. The van der Waals surface area contributed by atoms with Crippen molar-refractivity contribution in [2.24, 2.45) is 5.92 Å². The molecule has 1 N–H and O–H groups in total. The molecule has 1 atom stereocenters. The van der Waals surface area contributed by atoms with Gasteiger partial charge in [0, 0.05) is 18.6 Å². The van der Waals surface area contributed by atoms with Crippen LogP contribution in [0.15, 0.2) is 12.1 Å². The maximum Gasteiger partial charge on any atom is 0.327 e. The Hall–Kier alpha value is -2.24. The Balaban J connectivity index is 2.26. The van der Waals surface area contributed by atoms with Gasteiger partial charge in [-0.1, -0.05) is 20.8 Å². The third-order valence-corrected chi connectivity index (χ3v) is 3.74. The van der Waals surface area contributed by atoms with Gasteiger partial charge in [-0.25, -0.2) is 9.78 Å². The molecule has 112 valence electrons. The Labute approximate surface area is 122 Å². The fraction of sp³-hybridized carbons (Fsp3) is 0.467. The Morgan fingerprint density at radius 2 is 2.05 bits per heavy atom. The molecule has 0 saturated heterocycles. The summed E-state index contributed by atoms with van der Waals surface area (Å²) >= 11 is 0. The molecule has 0 saturated carbocycles. The predicted octanol–water partition coefficient (Wildman–Crippen LogP) is 2.61. The van der Waals surface area contributed by atoms with Crippen LogP contribution in [0.1, 0.15) is 32.6 Å². The number of nitrogens with zero attached hydrogens (tertiary/aromatic N) is 2. The first-order valence-electron chi connectivity index (χ1n) is 7.06. The fourth-order valence-corrected chi connectivity index (χ4v) is 2.79. The van der Waals surface area contributed by atoms with Gasteiger partial charge in [0.15, 0.2) is 11.5 Å². The average Bonchev–Trinajstić information content (AvgIpc) is 3.00. The van der Waals surface area contributed by atoms with Gasteiger partial charge in [-0.05, 0) is 5.92 Å². The van der Waals surface area contributed by atoms with Gasteiger partial charge in [0.05, 0.1) is 11.0 Å². The normalized spacial score (nSPS) is 14.9. The highest BCUT2D eigenvalue weighted by molar-refractivity contribution is 5.83. The first kappa shape index (κ1) is 13.7. The quantitative estimate of drug-likeness (QED) is 0.937. The van der Waals surface area contributed by atoms with Crippen LogP contribution in [0.3, 0.4) is 0 Å². The van der Waals surface area contributed by atoms with Crippen molar-refractivity contribution in [3.63, 3.8) is 0 Å². The number of carboxylic acid groups (broad SMARTS) is 1. The largest absolute Gasteiger partial charge is 0.480 e. The van der Waals surface area contributed by atoms with Gasteiger partial charge < -0.3 is 19.1 Å². The van der Waals surface area contributed by atoms with E-state index in [1.54, 1.807) is 0 Å². The Bertz CT molecular complexity index is 705. The second-order valence-electron chi connectivity index (χ2n) is 5.47. The van der Waals surface area contributed by atoms with Crippen molar-refractivity contribution in [3.8, 4) is 11.5 Å². The first-order valence-corrected chi connectivity index (χ1v) is 7.06. The summed E-state index contributed by atoms with van der Waals surface area (Å²) in [5.41, 5.74) is 1.51. The molecule has 2 heterocycles. The van der Waals surface area contributed by atoms with Gasteiger partial charge in [-0.15, -0.1) is 0 Å². The number of hydrogen-bond acceptors (Lipinski definition) is 4. The first-order chi connectivity index (χ1) is 10.0. The topological polar surface area (TPSA) is 73.6 Å². The maximum absolute atomic E-state index is 11.7. The summed E-state index contributed by atoms with van der Waals surface area (Å²) in [6.45, 7) is 5.96. The van der Waals surface area contributed by atoms with E-state index in [-0.39, 0.29) is 12.7 Å². The molecule has 2 aromatic rings. The van der Waals surface area contributed by atoms with E-state index in [9.17, 15) is 9.90 Å². The van der Waals surface area contributed by atoms with Crippen molar-refractivity contribution in [2.45, 2.75) is 33.2 Å². The molecule has 21 heavy (non-hydrogen) atoms. The zero-order valence-corrected chi connectivity index (χ0v) is 12.3. The van der Waals surface area contributed by atoms with Gasteiger partial charge in [0.25, 0.3) is 0 Å². The zero-order valence-electron chi connectivity index (χ0n) is 12.3. The Kier molecular flexibility index (Phi) is 3.23. The standard InChI is InChI=1S/C15H18N2O4/c1-4-13-16-9-5-11-12(21-7-20-11)6-10(9)17(13)14(8(2)3)15(18)19/h5-6,8,14H,4,7H2,1-3H3,(H,18,19). The molecule has 0 bridgehead atoms. The maximum atomic E-state index is 11.7. The van der Waals surface area contributed by atoms with Crippen LogP contribution in [-0.2, 0) is 11.2 Å². The highest BCUT2D eigenvalue weighted by Crippen LogP contribution is 2.38. The van der Waals surface area contributed by atoms with Crippen molar-refractivity contribution in [3.05, 3.63) is 18.0 Å². The second kappa shape index (κ2) is 4.95. The lowest BCUT2D eigenvalue weighted by atomic mass is 10.0. The molecule has 0 radical (unpaired) electrons. The van der Waals surface area contributed by atoms with Crippen LogP contribution in [0.2, 0.25) is 0 Å². The number of rotatable bonds is 4. The summed E-state index contributed by atoms with van der Waals surface area (Å²) in [6.07, 6.45) is 0.664. The van der Waals surface area contributed by atoms with Crippen molar-refractivity contribution in [1.29, 1.82) is 0 Å². The molecule has 3 rings (SSSR count). The van der Waals surface area contributed by atoms with Crippen molar-refractivity contribution in [2.75, 3.05) is 6.79 Å². The van der Waals surface area contributed by atoms with Gasteiger partial charge in [-0.2, -0.15) is 0 Å². The number of fused-ring (bicyclic) bond motifs is 2. The molecule has 6 heteroatoms. The lowest BCUT2D eigenvalue weighted by Crippen LogP contribution is -2.25. The van der Waals surface area contributed by atoms with E-state index >= 15 is 0 Å². The minimum absolute atomic E-state index is 0.0457. The van der Waals surface area contributed by atoms with E-state index < -0.39 is 12.0 Å². The Morgan fingerprint density at radius 3 is 2.62 bits per heavy atom. The van der Waals surface area contributed by atoms with Gasteiger partial charge in [0.1, 0.15) is 11.9 Å². The summed E-state index contributed by atoms with van der Waals surface area (Å²) in [5.74, 6) is 1.16. The summed E-state index contributed by atoms with van der Waals surface area (Å²) < 4.78 is 12.6. The number of hydrogen-bond donors (Lipinski definition) is 1. The van der Waals surface area contributed by atoms with Crippen LogP contribution in [0, 0.1) is 5.92 Å².